The number of benzene rings is 1. The molecule has 0 unspecified atom stereocenters. The Kier molecular flexibility index (Phi) is 5.17. The van der Waals surface area contributed by atoms with Crippen LogP contribution in [0.4, 0.5) is 0 Å². The van der Waals surface area contributed by atoms with E-state index in [0.29, 0.717) is 29.2 Å². The van der Waals surface area contributed by atoms with Crippen molar-refractivity contribution in [1.82, 2.24) is 15.1 Å². The van der Waals surface area contributed by atoms with Crippen molar-refractivity contribution in [2.75, 3.05) is 25.4 Å². The molecule has 23 heavy (non-hydrogen) atoms. The Hall–Kier alpha value is -2.02. The molecule has 1 aromatic heterocycles. The summed E-state index contributed by atoms with van der Waals surface area (Å²) in [5, 5.41) is 8.48. The number of hydrogen-bond acceptors (Lipinski definition) is 6. The number of thioether (sulfide) groups is 1. The molecule has 3 rings (SSSR count). The Morgan fingerprint density at radius 3 is 2.87 bits per heavy atom. The summed E-state index contributed by atoms with van der Waals surface area (Å²) < 4.78 is 11.2. The summed E-state index contributed by atoms with van der Waals surface area (Å²) >= 11 is 1.28. The van der Waals surface area contributed by atoms with Gasteiger partial charge in [-0.15, -0.1) is 10.2 Å². The van der Waals surface area contributed by atoms with Crippen molar-refractivity contribution in [3.8, 4) is 17.2 Å². The summed E-state index contributed by atoms with van der Waals surface area (Å²) in [6.45, 7) is 4.21. The van der Waals surface area contributed by atoms with E-state index in [2.05, 4.69) is 10.2 Å². The number of ether oxygens (including phenoxy) is 1. The molecule has 0 atom stereocenters. The van der Waals surface area contributed by atoms with Gasteiger partial charge in [0, 0.05) is 13.1 Å². The lowest BCUT2D eigenvalue weighted by molar-refractivity contribution is -0.127. The average Bonchev–Trinajstić information content (AvgIpc) is 3.25. The molecule has 1 fully saturated rings. The van der Waals surface area contributed by atoms with Gasteiger partial charge in [0.15, 0.2) is 0 Å². The fraction of sp³-hybridized carbons (Fsp3) is 0.438. The van der Waals surface area contributed by atoms with Gasteiger partial charge in [-0.25, -0.2) is 0 Å². The van der Waals surface area contributed by atoms with Crippen LogP contribution in [0.15, 0.2) is 33.9 Å². The maximum atomic E-state index is 12.0. The van der Waals surface area contributed by atoms with Crippen molar-refractivity contribution < 1.29 is 13.9 Å². The third-order valence-electron chi connectivity index (χ3n) is 3.60. The topological polar surface area (TPSA) is 68.5 Å². The fourth-order valence-corrected chi connectivity index (χ4v) is 3.15. The second-order valence-electron chi connectivity index (χ2n) is 5.18. The van der Waals surface area contributed by atoms with Crippen molar-refractivity contribution in [2.45, 2.75) is 25.0 Å². The highest BCUT2D eigenvalue weighted by atomic mass is 32.2. The Morgan fingerprint density at radius 2 is 2.09 bits per heavy atom. The van der Waals surface area contributed by atoms with Crippen LogP contribution in [0.1, 0.15) is 19.8 Å². The van der Waals surface area contributed by atoms with E-state index in [1.807, 2.05) is 36.1 Å². The third-order valence-corrected chi connectivity index (χ3v) is 4.40. The van der Waals surface area contributed by atoms with E-state index in [0.717, 1.165) is 31.5 Å². The predicted octanol–water partition coefficient (Wildman–Crippen LogP) is 2.85. The first-order valence-corrected chi connectivity index (χ1v) is 8.72. The molecule has 0 N–H and O–H groups in total. The minimum Gasteiger partial charge on any atom is -0.493 e. The molecule has 6 nitrogen and oxygen atoms in total. The molecule has 1 amide bonds. The summed E-state index contributed by atoms with van der Waals surface area (Å²) in [4.78, 5) is 13.9. The molecule has 1 aromatic carbocycles. The summed E-state index contributed by atoms with van der Waals surface area (Å²) in [7, 11) is 0. The molecule has 0 aliphatic carbocycles. The first-order valence-electron chi connectivity index (χ1n) is 7.74. The number of hydrogen-bond donors (Lipinski definition) is 0. The lowest BCUT2D eigenvalue weighted by Crippen LogP contribution is -2.29. The molecule has 7 heteroatoms. The molecular weight excluding hydrogens is 314 g/mol. The third kappa shape index (κ3) is 3.85. The molecule has 2 heterocycles. The van der Waals surface area contributed by atoms with Gasteiger partial charge in [-0.3, -0.25) is 4.79 Å². The van der Waals surface area contributed by atoms with Gasteiger partial charge >= 0.3 is 0 Å². The molecule has 0 saturated carbocycles. The molecule has 1 aliphatic heterocycles. The lowest BCUT2D eigenvalue weighted by atomic mass is 10.2. The van der Waals surface area contributed by atoms with Crippen molar-refractivity contribution in [3.05, 3.63) is 24.3 Å². The van der Waals surface area contributed by atoms with E-state index < -0.39 is 0 Å². The first-order chi connectivity index (χ1) is 11.3. The normalized spacial score (nSPS) is 14.2. The molecule has 0 spiro atoms. The van der Waals surface area contributed by atoms with Crippen molar-refractivity contribution in [2.24, 2.45) is 0 Å². The Labute approximate surface area is 139 Å². The number of rotatable bonds is 6. The van der Waals surface area contributed by atoms with E-state index in [9.17, 15) is 4.79 Å². The second kappa shape index (κ2) is 7.50. The molecule has 1 aliphatic rings. The first kappa shape index (κ1) is 15.9. The molecule has 2 aromatic rings. The van der Waals surface area contributed by atoms with Crippen molar-refractivity contribution in [3.63, 3.8) is 0 Å². The maximum absolute atomic E-state index is 12.0. The quantitative estimate of drug-likeness (QED) is 0.757. The number of carbonyl (C=O) groups is 1. The minimum atomic E-state index is 0.127. The highest BCUT2D eigenvalue weighted by Crippen LogP contribution is 2.30. The average molecular weight is 333 g/mol. The van der Waals surface area contributed by atoms with Crippen molar-refractivity contribution in [1.29, 1.82) is 0 Å². The zero-order chi connectivity index (χ0) is 16.1. The largest absolute Gasteiger partial charge is 0.493 e. The highest BCUT2D eigenvalue weighted by Gasteiger charge is 2.19. The lowest BCUT2D eigenvalue weighted by Gasteiger charge is -2.13. The molecule has 0 bridgehead atoms. The second-order valence-corrected chi connectivity index (χ2v) is 6.11. The fourth-order valence-electron chi connectivity index (χ4n) is 2.48. The van der Waals surface area contributed by atoms with Crippen LogP contribution in [0.2, 0.25) is 0 Å². The number of amides is 1. The predicted molar refractivity (Wildman–Crippen MR) is 87.4 cm³/mol. The van der Waals surface area contributed by atoms with Crippen molar-refractivity contribution >= 4 is 17.7 Å². The Morgan fingerprint density at radius 1 is 1.30 bits per heavy atom. The summed E-state index contributed by atoms with van der Waals surface area (Å²) in [6, 6.07) is 7.54. The number of nitrogens with zero attached hydrogens (tertiary/aromatic N) is 3. The summed E-state index contributed by atoms with van der Waals surface area (Å²) in [6.07, 6.45) is 2.19. The SMILES string of the molecule is CCOc1ccccc1-c1nnc(SCC(=O)N2CCCC2)o1. The van der Waals surface area contributed by atoms with Crippen LogP contribution in [0, 0.1) is 0 Å². The number of para-hydroxylation sites is 1. The van der Waals surface area contributed by atoms with Gasteiger partial charge in [0.05, 0.1) is 17.9 Å². The van der Waals surface area contributed by atoms with E-state index in [-0.39, 0.29) is 5.91 Å². The number of aromatic nitrogens is 2. The van der Waals surface area contributed by atoms with Crippen LogP contribution in [-0.2, 0) is 4.79 Å². The van der Waals surface area contributed by atoms with Crippen LogP contribution in [-0.4, -0.2) is 46.5 Å². The van der Waals surface area contributed by atoms with Crippen LogP contribution in [0.5, 0.6) is 5.75 Å². The Balaban J connectivity index is 1.65. The standard InChI is InChI=1S/C16H19N3O3S/c1-2-21-13-8-4-3-7-12(13)15-17-18-16(22-15)23-11-14(20)19-9-5-6-10-19/h3-4,7-8H,2,5-6,9-11H2,1H3. The zero-order valence-electron chi connectivity index (χ0n) is 13.0. The summed E-state index contributed by atoms with van der Waals surface area (Å²) in [5.41, 5.74) is 0.763. The highest BCUT2D eigenvalue weighted by molar-refractivity contribution is 7.99. The minimum absolute atomic E-state index is 0.127. The van der Waals surface area contributed by atoms with Gasteiger partial charge in [-0.2, -0.15) is 0 Å². The van der Waals surface area contributed by atoms with E-state index in [1.54, 1.807) is 0 Å². The van der Waals surface area contributed by atoms with Gasteiger partial charge in [-0.05, 0) is 31.9 Å². The van der Waals surface area contributed by atoms with E-state index in [1.165, 1.54) is 11.8 Å². The number of carbonyl (C=O) groups excluding carboxylic acids is 1. The smallest absolute Gasteiger partial charge is 0.277 e. The van der Waals surface area contributed by atoms with Crippen LogP contribution in [0.25, 0.3) is 11.5 Å². The van der Waals surface area contributed by atoms with Gasteiger partial charge in [0.2, 0.25) is 5.91 Å². The van der Waals surface area contributed by atoms with Gasteiger partial charge < -0.3 is 14.1 Å². The zero-order valence-corrected chi connectivity index (χ0v) is 13.8. The van der Waals surface area contributed by atoms with Gasteiger partial charge in [0.1, 0.15) is 5.75 Å². The van der Waals surface area contributed by atoms with Crippen LogP contribution < -0.4 is 4.74 Å². The van der Waals surface area contributed by atoms with Gasteiger partial charge in [0.25, 0.3) is 11.1 Å². The van der Waals surface area contributed by atoms with Crippen LogP contribution >= 0.6 is 11.8 Å². The maximum Gasteiger partial charge on any atom is 0.277 e. The molecule has 122 valence electrons. The number of likely N-dealkylation sites (tertiary alicyclic amines) is 1. The van der Waals surface area contributed by atoms with Gasteiger partial charge in [-0.1, -0.05) is 23.9 Å². The molecule has 0 radical (unpaired) electrons. The molecule has 1 saturated heterocycles. The van der Waals surface area contributed by atoms with Crippen LogP contribution in [0.3, 0.4) is 0 Å². The van der Waals surface area contributed by atoms with E-state index >= 15 is 0 Å². The summed E-state index contributed by atoms with van der Waals surface area (Å²) in [5.74, 6) is 1.57. The molecular formula is C16H19N3O3S. The Bertz CT molecular complexity index is 668. The van der Waals surface area contributed by atoms with E-state index in [4.69, 9.17) is 9.15 Å². The monoisotopic (exact) mass is 333 g/mol.